The maximum Gasteiger partial charge on any atom is 0.255 e. The molecule has 0 aliphatic carbocycles. The van der Waals surface area contributed by atoms with Crippen molar-refractivity contribution in [3.63, 3.8) is 0 Å². The number of nitrogens with zero attached hydrogens (tertiary/aromatic N) is 3. The number of aromatic nitrogens is 2. The van der Waals surface area contributed by atoms with E-state index in [1.807, 2.05) is 48.5 Å². The van der Waals surface area contributed by atoms with Gasteiger partial charge in [0.15, 0.2) is 0 Å². The normalized spacial score (nSPS) is 13.2. The van der Waals surface area contributed by atoms with Crippen LogP contribution in [0.25, 0.3) is 11.5 Å². The zero-order chi connectivity index (χ0) is 17.1. The highest BCUT2D eigenvalue weighted by Gasteiger charge is 2.12. The Balaban J connectivity index is 1.47. The topological polar surface area (TPSA) is 71.3 Å². The van der Waals surface area contributed by atoms with Gasteiger partial charge in [-0.25, -0.2) is 0 Å². The van der Waals surface area contributed by atoms with Crippen LogP contribution in [0.2, 0.25) is 0 Å². The Hall–Kier alpha value is -3.41. The van der Waals surface area contributed by atoms with Crippen molar-refractivity contribution in [3.05, 3.63) is 72.6 Å². The number of amides is 1. The van der Waals surface area contributed by atoms with Gasteiger partial charge in [0.1, 0.15) is 0 Å². The first-order valence-electron chi connectivity index (χ1n) is 7.97. The van der Waals surface area contributed by atoms with Gasteiger partial charge in [-0.05, 0) is 42.5 Å². The quantitative estimate of drug-likeness (QED) is 0.742. The van der Waals surface area contributed by atoms with E-state index in [-0.39, 0.29) is 5.91 Å². The third kappa shape index (κ3) is 3.28. The summed E-state index contributed by atoms with van der Waals surface area (Å²) in [5.74, 6) is 0.310. The Labute approximate surface area is 144 Å². The first kappa shape index (κ1) is 15.1. The number of hydrogen-bond acceptors (Lipinski definition) is 5. The Bertz CT molecular complexity index is 893. The lowest BCUT2D eigenvalue weighted by atomic mass is 10.1. The van der Waals surface area contributed by atoms with Crippen LogP contribution in [-0.2, 0) is 0 Å². The van der Waals surface area contributed by atoms with Crippen molar-refractivity contribution in [1.82, 2.24) is 10.2 Å². The molecule has 6 heteroatoms. The average Bonchev–Trinajstić information content (AvgIpc) is 3.36. The molecule has 0 saturated heterocycles. The van der Waals surface area contributed by atoms with Gasteiger partial charge in [0.25, 0.3) is 5.91 Å². The SMILES string of the molecule is O=C(Nc1ccc(-c2nnco2)cc1)c1cccc(N2CC=CC2)c1. The standard InChI is InChI=1S/C19H16N4O2/c24-18(15-4-3-5-17(12-15)23-10-1-2-11-23)21-16-8-6-14(7-9-16)19-22-20-13-25-19/h1-9,12-13H,10-11H2,(H,21,24). The highest BCUT2D eigenvalue weighted by molar-refractivity contribution is 6.04. The second kappa shape index (κ2) is 6.60. The molecule has 1 aromatic heterocycles. The van der Waals surface area contributed by atoms with Crippen LogP contribution in [0, 0.1) is 0 Å². The lowest BCUT2D eigenvalue weighted by Gasteiger charge is -2.18. The number of carbonyl (C=O) groups is 1. The minimum Gasteiger partial charge on any atom is -0.423 e. The number of benzene rings is 2. The van der Waals surface area contributed by atoms with Crippen molar-refractivity contribution in [2.75, 3.05) is 23.3 Å². The molecule has 0 saturated carbocycles. The van der Waals surface area contributed by atoms with Gasteiger partial charge in [0.2, 0.25) is 12.3 Å². The molecule has 0 spiro atoms. The molecule has 4 rings (SSSR count). The minimum atomic E-state index is -0.139. The molecule has 124 valence electrons. The summed E-state index contributed by atoms with van der Waals surface area (Å²) in [4.78, 5) is 14.7. The highest BCUT2D eigenvalue weighted by atomic mass is 16.4. The van der Waals surface area contributed by atoms with E-state index >= 15 is 0 Å². The lowest BCUT2D eigenvalue weighted by molar-refractivity contribution is 0.102. The summed E-state index contributed by atoms with van der Waals surface area (Å²) in [6.45, 7) is 1.75. The van der Waals surface area contributed by atoms with Gasteiger partial charge in [-0.2, -0.15) is 0 Å². The van der Waals surface area contributed by atoms with Crippen LogP contribution in [0.3, 0.4) is 0 Å². The summed E-state index contributed by atoms with van der Waals surface area (Å²) in [5, 5.41) is 10.4. The van der Waals surface area contributed by atoms with Crippen LogP contribution in [-0.4, -0.2) is 29.2 Å². The molecule has 0 bridgehead atoms. The van der Waals surface area contributed by atoms with Crippen LogP contribution in [0.1, 0.15) is 10.4 Å². The second-order valence-corrected chi connectivity index (χ2v) is 5.70. The molecule has 6 nitrogen and oxygen atoms in total. The fourth-order valence-corrected chi connectivity index (χ4v) is 2.73. The van der Waals surface area contributed by atoms with Gasteiger partial charge < -0.3 is 14.6 Å². The van der Waals surface area contributed by atoms with E-state index in [0.717, 1.165) is 24.3 Å². The summed E-state index contributed by atoms with van der Waals surface area (Å²) < 4.78 is 5.15. The summed E-state index contributed by atoms with van der Waals surface area (Å²) in [7, 11) is 0. The van der Waals surface area contributed by atoms with Gasteiger partial charge >= 0.3 is 0 Å². The summed E-state index contributed by atoms with van der Waals surface area (Å²) >= 11 is 0. The molecule has 1 aliphatic rings. The average molecular weight is 332 g/mol. The van der Waals surface area contributed by atoms with Gasteiger partial charge in [-0.1, -0.05) is 18.2 Å². The molecule has 2 heterocycles. The maximum absolute atomic E-state index is 12.5. The van der Waals surface area contributed by atoms with Crippen LogP contribution in [0.4, 0.5) is 11.4 Å². The third-order valence-corrected chi connectivity index (χ3v) is 4.04. The largest absolute Gasteiger partial charge is 0.423 e. The maximum atomic E-state index is 12.5. The molecule has 0 unspecified atom stereocenters. The van der Waals surface area contributed by atoms with Crippen LogP contribution < -0.4 is 10.2 Å². The summed E-state index contributed by atoms with van der Waals surface area (Å²) in [5.41, 5.74) is 3.19. The summed E-state index contributed by atoms with van der Waals surface area (Å²) in [6.07, 6.45) is 5.53. The van der Waals surface area contributed by atoms with E-state index in [2.05, 4.69) is 32.6 Å². The third-order valence-electron chi connectivity index (χ3n) is 4.04. The van der Waals surface area contributed by atoms with Crippen LogP contribution >= 0.6 is 0 Å². The molecular formula is C19H16N4O2. The molecule has 1 N–H and O–H groups in total. The zero-order valence-corrected chi connectivity index (χ0v) is 13.4. The van der Waals surface area contributed by atoms with E-state index in [9.17, 15) is 4.79 Å². The van der Waals surface area contributed by atoms with E-state index in [1.165, 1.54) is 6.39 Å². The van der Waals surface area contributed by atoms with Crippen LogP contribution in [0.15, 0.2) is 71.5 Å². The van der Waals surface area contributed by atoms with Crippen molar-refractivity contribution < 1.29 is 9.21 Å². The van der Waals surface area contributed by atoms with Crippen molar-refractivity contribution in [1.29, 1.82) is 0 Å². The van der Waals surface area contributed by atoms with E-state index < -0.39 is 0 Å². The Kier molecular flexibility index (Phi) is 4.00. The van der Waals surface area contributed by atoms with Gasteiger partial charge in [-0.3, -0.25) is 4.79 Å². The molecule has 0 atom stereocenters. The molecule has 1 amide bonds. The smallest absolute Gasteiger partial charge is 0.255 e. The van der Waals surface area contributed by atoms with Gasteiger partial charge in [-0.15, -0.1) is 10.2 Å². The number of anilines is 2. The molecular weight excluding hydrogens is 316 g/mol. The van der Waals surface area contributed by atoms with Gasteiger partial charge in [0.05, 0.1) is 0 Å². The van der Waals surface area contributed by atoms with E-state index in [1.54, 1.807) is 0 Å². The molecule has 25 heavy (non-hydrogen) atoms. The fraction of sp³-hybridized carbons (Fsp3) is 0.105. The number of nitrogens with one attached hydrogen (secondary N) is 1. The molecule has 3 aromatic rings. The zero-order valence-electron chi connectivity index (χ0n) is 13.4. The number of carbonyl (C=O) groups excluding carboxylic acids is 1. The number of rotatable bonds is 4. The van der Waals surface area contributed by atoms with Crippen molar-refractivity contribution in [2.24, 2.45) is 0 Å². The monoisotopic (exact) mass is 332 g/mol. The van der Waals surface area contributed by atoms with Crippen molar-refractivity contribution in [3.8, 4) is 11.5 Å². The molecule has 2 aromatic carbocycles. The minimum absolute atomic E-state index is 0.139. The van der Waals surface area contributed by atoms with E-state index in [4.69, 9.17) is 4.42 Å². The van der Waals surface area contributed by atoms with Gasteiger partial charge in [0, 0.05) is 35.6 Å². The first-order chi connectivity index (χ1) is 12.3. The summed E-state index contributed by atoms with van der Waals surface area (Å²) in [6, 6.07) is 14.9. The van der Waals surface area contributed by atoms with Crippen LogP contribution in [0.5, 0.6) is 0 Å². The lowest BCUT2D eigenvalue weighted by Crippen LogP contribution is -2.19. The molecule has 0 fully saturated rings. The predicted octanol–water partition coefficient (Wildman–Crippen LogP) is 3.37. The van der Waals surface area contributed by atoms with E-state index in [0.29, 0.717) is 17.1 Å². The first-order valence-corrected chi connectivity index (χ1v) is 7.97. The fourth-order valence-electron chi connectivity index (χ4n) is 2.73. The second-order valence-electron chi connectivity index (χ2n) is 5.70. The Morgan fingerprint density at radius 1 is 1.08 bits per heavy atom. The molecule has 0 radical (unpaired) electrons. The van der Waals surface area contributed by atoms with Crippen molar-refractivity contribution in [2.45, 2.75) is 0 Å². The molecule has 1 aliphatic heterocycles. The highest BCUT2D eigenvalue weighted by Crippen LogP contribution is 2.21. The van der Waals surface area contributed by atoms with Crippen molar-refractivity contribution >= 4 is 17.3 Å². The Morgan fingerprint density at radius 3 is 2.60 bits per heavy atom. The number of hydrogen-bond donors (Lipinski definition) is 1. The Morgan fingerprint density at radius 2 is 1.88 bits per heavy atom. The predicted molar refractivity (Wildman–Crippen MR) is 95.5 cm³/mol.